The van der Waals surface area contributed by atoms with Crippen LogP contribution in [0.4, 0.5) is 16.3 Å². The third kappa shape index (κ3) is 6.05. The van der Waals surface area contributed by atoms with Crippen molar-refractivity contribution in [1.29, 1.82) is 0 Å². The van der Waals surface area contributed by atoms with Crippen molar-refractivity contribution in [3.8, 4) is 0 Å². The van der Waals surface area contributed by atoms with Gasteiger partial charge in [0.15, 0.2) is 5.82 Å². The van der Waals surface area contributed by atoms with E-state index in [4.69, 9.17) is 4.52 Å². The van der Waals surface area contributed by atoms with Crippen molar-refractivity contribution < 1.29 is 14.1 Å². The summed E-state index contributed by atoms with van der Waals surface area (Å²) >= 11 is 0. The topological polar surface area (TPSA) is 90.7 Å². The fourth-order valence-corrected chi connectivity index (χ4v) is 3.45. The second-order valence-electron chi connectivity index (χ2n) is 7.28. The normalized spacial score (nSPS) is 14.0. The van der Waals surface area contributed by atoms with Crippen LogP contribution in [0.25, 0.3) is 0 Å². The summed E-state index contributed by atoms with van der Waals surface area (Å²) in [5.41, 5.74) is 1.83. The maximum absolute atomic E-state index is 13.0. The standard InChI is InChI=1S/C21H29N5O3/c1-3-17-8-4-5-9-18(17)22-21(28)26(13-12-25-10-6-7-11-25)15-20(27)23-19-14-16(2)29-24-19/h4-5,8-9,14H,3,6-7,10-13,15H2,1-2H3,(H,22,28)(H,23,24,27). The van der Waals surface area contributed by atoms with Crippen molar-refractivity contribution in [2.75, 3.05) is 43.4 Å². The van der Waals surface area contributed by atoms with E-state index in [0.29, 0.717) is 18.1 Å². The maximum Gasteiger partial charge on any atom is 0.322 e. The van der Waals surface area contributed by atoms with Gasteiger partial charge in [-0.15, -0.1) is 0 Å². The Labute approximate surface area is 171 Å². The lowest BCUT2D eigenvalue weighted by Crippen LogP contribution is -2.44. The average molecular weight is 399 g/mol. The van der Waals surface area contributed by atoms with Crippen LogP contribution < -0.4 is 10.6 Å². The number of amides is 3. The quantitative estimate of drug-likeness (QED) is 0.712. The van der Waals surface area contributed by atoms with Crippen molar-refractivity contribution in [2.24, 2.45) is 0 Å². The summed E-state index contributed by atoms with van der Waals surface area (Å²) in [5, 5.41) is 9.42. The molecule has 2 heterocycles. The van der Waals surface area contributed by atoms with Crippen molar-refractivity contribution in [3.05, 3.63) is 41.7 Å². The molecule has 0 saturated carbocycles. The summed E-state index contributed by atoms with van der Waals surface area (Å²) in [6.45, 7) is 7.05. The molecule has 0 bridgehead atoms. The van der Waals surface area contributed by atoms with Gasteiger partial charge in [0.05, 0.1) is 0 Å². The highest BCUT2D eigenvalue weighted by molar-refractivity contribution is 5.96. The highest BCUT2D eigenvalue weighted by Gasteiger charge is 2.21. The minimum Gasteiger partial charge on any atom is -0.360 e. The molecule has 0 aliphatic carbocycles. The van der Waals surface area contributed by atoms with Gasteiger partial charge in [0, 0.05) is 24.8 Å². The summed E-state index contributed by atoms with van der Waals surface area (Å²) < 4.78 is 4.97. The first-order valence-corrected chi connectivity index (χ1v) is 10.1. The molecule has 0 radical (unpaired) electrons. The first kappa shape index (κ1) is 20.9. The molecule has 0 unspecified atom stereocenters. The summed E-state index contributed by atoms with van der Waals surface area (Å²) in [4.78, 5) is 29.3. The summed E-state index contributed by atoms with van der Waals surface area (Å²) in [6, 6.07) is 9.08. The number of hydrogen-bond donors (Lipinski definition) is 2. The van der Waals surface area contributed by atoms with Crippen LogP contribution in [0.3, 0.4) is 0 Å². The van der Waals surface area contributed by atoms with Crippen molar-refractivity contribution in [1.82, 2.24) is 15.0 Å². The van der Waals surface area contributed by atoms with Gasteiger partial charge >= 0.3 is 6.03 Å². The second-order valence-corrected chi connectivity index (χ2v) is 7.28. The lowest BCUT2D eigenvalue weighted by molar-refractivity contribution is -0.116. The first-order valence-electron chi connectivity index (χ1n) is 10.1. The largest absolute Gasteiger partial charge is 0.360 e. The maximum atomic E-state index is 13.0. The molecule has 29 heavy (non-hydrogen) atoms. The number of carbonyl (C=O) groups excluding carboxylic acids is 2. The predicted molar refractivity (Wildman–Crippen MR) is 112 cm³/mol. The Morgan fingerprint density at radius 1 is 1.21 bits per heavy atom. The summed E-state index contributed by atoms with van der Waals surface area (Å²) in [7, 11) is 0. The van der Waals surface area contributed by atoms with E-state index in [1.807, 2.05) is 31.2 Å². The van der Waals surface area contributed by atoms with Gasteiger partial charge in [-0.25, -0.2) is 4.79 Å². The van der Waals surface area contributed by atoms with E-state index in [2.05, 4.69) is 20.7 Å². The molecule has 1 saturated heterocycles. The number of aryl methyl sites for hydroxylation is 2. The van der Waals surface area contributed by atoms with Gasteiger partial charge in [0.1, 0.15) is 12.3 Å². The zero-order chi connectivity index (χ0) is 20.6. The fraction of sp³-hybridized carbons (Fsp3) is 0.476. The van der Waals surface area contributed by atoms with Gasteiger partial charge in [-0.1, -0.05) is 30.3 Å². The average Bonchev–Trinajstić information content (AvgIpc) is 3.37. The molecule has 0 spiro atoms. The van der Waals surface area contributed by atoms with Gasteiger partial charge in [-0.2, -0.15) is 0 Å². The molecule has 1 aromatic heterocycles. The van der Waals surface area contributed by atoms with Gasteiger partial charge in [0.2, 0.25) is 5.91 Å². The highest BCUT2D eigenvalue weighted by atomic mass is 16.5. The minimum atomic E-state index is -0.307. The zero-order valence-electron chi connectivity index (χ0n) is 17.1. The third-order valence-electron chi connectivity index (χ3n) is 5.04. The molecular weight excluding hydrogens is 370 g/mol. The molecule has 156 valence electrons. The van der Waals surface area contributed by atoms with E-state index < -0.39 is 0 Å². The van der Waals surface area contributed by atoms with E-state index in [1.165, 1.54) is 12.8 Å². The number of urea groups is 1. The number of likely N-dealkylation sites (tertiary alicyclic amines) is 1. The molecule has 3 amide bonds. The number of anilines is 2. The van der Waals surface area contributed by atoms with Crippen LogP contribution in [-0.2, 0) is 11.2 Å². The molecule has 0 atom stereocenters. The summed E-state index contributed by atoms with van der Waals surface area (Å²) in [5.74, 6) is 0.655. The van der Waals surface area contributed by atoms with Crippen LogP contribution in [0.2, 0.25) is 0 Å². The monoisotopic (exact) mass is 399 g/mol. The number of rotatable bonds is 8. The molecule has 2 aromatic rings. The first-order chi connectivity index (χ1) is 14.0. The zero-order valence-corrected chi connectivity index (χ0v) is 17.1. The van der Waals surface area contributed by atoms with Gasteiger partial charge in [0.25, 0.3) is 0 Å². The number of benzene rings is 1. The Kier molecular flexibility index (Phi) is 7.24. The molecule has 1 aliphatic heterocycles. The molecule has 1 aromatic carbocycles. The second kappa shape index (κ2) is 10.1. The van der Waals surface area contributed by atoms with E-state index in [0.717, 1.165) is 37.3 Å². The van der Waals surface area contributed by atoms with E-state index in [9.17, 15) is 9.59 Å². The molecule has 1 aliphatic rings. The lowest BCUT2D eigenvalue weighted by atomic mass is 10.1. The van der Waals surface area contributed by atoms with Gasteiger partial charge < -0.3 is 25.0 Å². The van der Waals surface area contributed by atoms with Crippen LogP contribution >= 0.6 is 0 Å². The molecule has 3 rings (SSSR count). The minimum absolute atomic E-state index is 0.0557. The number of hydrogen-bond acceptors (Lipinski definition) is 5. The van der Waals surface area contributed by atoms with Crippen LogP contribution in [0.15, 0.2) is 34.9 Å². The number of nitrogens with zero attached hydrogens (tertiary/aromatic N) is 3. The van der Waals surface area contributed by atoms with E-state index >= 15 is 0 Å². The number of nitrogens with one attached hydrogen (secondary N) is 2. The SMILES string of the molecule is CCc1ccccc1NC(=O)N(CCN1CCCC1)CC(=O)Nc1cc(C)on1. The Bertz CT molecular complexity index is 829. The van der Waals surface area contributed by atoms with Crippen LogP contribution in [-0.4, -0.2) is 59.6 Å². The van der Waals surface area contributed by atoms with Gasteiger partial charge in [-0.3, -0.25) is 4.79 Å². The number of para-hydroxylation sites is 1. The lowest BCUT2D eigenvalue weighted by Gasteiger charge is -2.25. The molecular formula is C21H29N5O3. The molecule has 8 heteroatoms. The third-order valence-corrected chi connectivity index (χ3v) is 5.04. The van der Waals surface area contributed by atoms with Crippen molar-refractivity contribution in [3.63, 3.8) is 0 Å². The Balaban J connectivity index is 1.65. The van der Waals surface area contributed by atoms with Crippen molar-refractivity contribution >= 4 is 23.4 Å². The van der Waals surface area contributed by atoms with Crippen molar-refractivity contribution in [2.45, 2.75) is 33.1 Å². The predicted octanol–water partition coefficient (Wildman–Crippen LogP) is 3.11. The Hall–Kier alpha value is -2.87. The molecule has 2 N–H and O–H groups in total. The summed E-state index contributed by atoms with van der Waals surface area (Å²) in [6.07, 6.45) is 3.18. The highest BCUT2D eigenvalue weighted by Crippen LogP contribution is 2.16. The van der Waals surface area contributed by atoms with Crippen LogP contribution in [0.1, 0.15) is 31.1 Å². The van der Waals surface area contributed by atoms with Crippen LogP contribution in [0.5, 0.6) is 0 Å². The Morgan fingerprint density at radius 2 is 1.97 bits per heavy atom. The smallest absolute Gasteiger partial charge is 0.322 e. The van der Waals surface area contributed by atoms with E-state index in [1.54, 1.807) is 17.9 Å². The molecule has 1 fully saturated rings. The fourth-order valence-electron chi connectivity index (χ4n) is 3.45. The van der Waals surface area contributed by atoms with Gasteiger partial charge in [-0.05, 0) is 50.9 Å². The number of aromatic nitrogens is 1. The van der Waals surface area contributed by atoms with E-state index in [-0.39, 0.29) is 18.5 Å². The number of carbonyl (C=O) groups is 2. The van der Waals surface area contributed by atoms with Crippen LogP contribution in [0, 0.1) is 6.92 Å². The molecule has 8 nitrogen and oxygen atoms in total. The Morgan fingerprint density at radius 3 is 2.66 bits per heavy atom.